The van der Waals surface area contributed by atoms with Crippen LogP contribution in [-0.4, -0.2) is 20.6 Å². The Morgan fingerprint density at radius 3 is 2.50 bits per heavy atom. The first-order valence-electron chi connectivity index (χ1n) is 11.0. The third kappa shape index (κ3) is 4.02. The molecule has 0 aliphatic rings. The van der Waals surface area contributed by atoms with Gasteiger partial charge in [0.15, 0.2) is 0 Å². The topological polar surface area (TPSA) is 94.8 Å². The molecule has 2 aromatic heterocycles. The average Bonchev–Trinajstić information content (AvgIpc) is 3.22. The van der Waals surface area contributed by atoms with Crippen LogP contribution >= 0.6 is 31.9 Å². The van der Waals surface area contributed by atoms with Crippen molar-refractivity contribution in [1.29, 1.82) is 5.26 Å². The van der Waals surface area contributed by atoms with Crippen molar-refractivity contribution in [3.63, 3.8) is 0 Å². The lowest BCUT2D eigenvalue weighted by Crippen LogP contribution is -2.36. The molecule has 0 fully saturated rings. The van der Waals surface area contributed by atoms with Crippen LogP contribution in [0.15, 0.2) is 86.7 Å². The highest BCUT2D eigenvalue weighted by Crippen LogP contribution is 2.35. The summed E-state index contributed by atoms with van der Waals surface area (Å²) in [6.45, 7) is 3.67. The van der Waals surface area contributed by atoms with Gasteiger partial charge in [0.25, 0.3) is 0 Å². The van der Waals surface area contributed by atoms with Crippen molar-refractivity contribution in [2.24, 2.45) is 0 Å². The molecule has 1 N–H and O–H groups in total. The number of pyridine rings is 1. The number of aromatic nitrogens is 3. The number of carbonyl (C=O) groups excluding carboxylic acids is 1. The fourth-order valence-corrected chi connectivity index (χ4v) is 4.92. The first kappa shape index (κ1) is 24.0. The van der Waals surface area contributed by atoms with E-state index < -0.39 is 17.1 Å². The van der Waals surface area contributed by atoms with E-state index in [9.17, 15) is 14.9 Å². The van der Waals surface area contributed by atoms with Crippen LogP contribution in [-0.2, 0) is 5.41 Å². The Kier molecular flexibility index (Phi) is 6.02. The number of amides is 1. The molecule has 0 spiro atoms. The second kappa shape index (κ2) is 9.04. The third-order valence-corrected chi connectivity index (χ3v) is 7.25. The molecule has 0 saturated heterocycles. The zero-order valence-corrected chi connectivity index (χ0v) is 22.5. The van der Waals surface area contributed by atoms with Crippen LogP contribution in [0.25, 0.3) is 21.9 Å². The first-order valence-corrected chi connectivity index (χ1v) is 12.6. The molecule has 0 saturated carbocycles. The minimum absolute atomic E-state index is 0.370. The number of hydrogen-bond acceptors (Lipinski definition) is 4. The normalized spacial score (nSPS) is 11.5. The van der Waals surface area contributed by atoms with E-state index in [-0.39, 0.29) is 0 Å². The molecule has 0 atom stereocenters. The molecule has 0 aliphatic heterocycles. The Labute approximate surface area is 223 Å². The fraction of sp³-hybridized carbons (Fsp3) is 0.111. The van der Waals surface area contributed by atoms with Gasteiger partial charge in [-0.15, -0.1) is 0 Å². The zero-order valence-electron chi connectivity index (χ0n) is 19.3. The number of nitriles is 1. The molecule has 1 amide bonds. The van der Waals surface area contributed by atoms with E-state index in [4.69, 9.17) is 0 Å². The van der Waals surface area contributed by atoms with Gasteiger partial charge in [-0.1, -0.05) is 40.2 Å². The number of benzene rings is 3. The maximum atomic E-state index is 14.1. The van der Waals surface area contributed by atoms with Gasteiger partial charge in [0.2, 0.25) is 0 Å². The van der Waals surface area contributed by atoms with Crippen LogP contribution in [0.4, 0.5) is 16.2 Å². The van der Waals surface area contributed by atoms with Gasteiger partial charge in [-0.05, 0) is 77.8 Å². The number of H-pyrrole nitrogens is 1. The van der Waals surface area contributed by atoms with Crippen molar-refractivity contribution in [3.05, 3.63) is 97.9 Å². The van der Waals surface area contributed by atoms with Gasteiger partial charge in [-0.2, -0.15) is 5.26 Å². The van der Waals surface area contributed by atoms with Crippen LogP contribution in [0.3, 0.4) is 0 Å². The summed E-state index contributed by atoms with van der Waals surface area (Å²) in [6.07, 6.45) is 1.53. The van der Waals surface area contributed by atoms with E-state index in [1.54, 1.807) is 18.2 Å². The van der Waals surface area contributed by atoms with Crippen LogP contribution in [0, 0.1) is 11.3 Å². The number of halogens is 2. The summed E-state index contributed by atoms with van der Waals surface area (Å²) >= 11 is 7.00. The minimum atomic E-state index is -0.685. The SMILES string of the molecule is CC(C)(C#N)c1ccc(N(C(=O)n2c(=O)[nH]c3c4cc(Br)ccc4ncc32)c2ccccc2Br)cc1. The lowest BCUT2D eigenvalue weighted by Gasteiger charge is -2.25. The van der Waals surface area contributed by atoms with Crippen molar-refractivity contribution in [3.8, 4) is 6.07 Å². The Morgan fingerprint density at radius 2 is 1.81 bits per heavy atom. The maximum absolute atomic E-state index is 14.1. The zero-order chi connectivity index (χ0) is 25.6. The molecule has 5 rings (SSSR count). The smallest absolute Gasteiger partial charge is 0.304 e. The van der Waals surface area contributed by atoms with Gasteiger partial charge in [-0.3, -0.25) is 9.88 Å². The summed E-state index contributed by atoms with van der Waals surface area (Å²) in [5, 5.41) is 10.2. The average molecular weight is 605 g/mol. The highest BCUT2D eigenvalue weighted by Gasteiger charge is 2.27. The molecular formula is C27H19Br2N5O2. The van der Waals surface area contributed by atoms with E-state index in [0.717, 1.165) is 20.0 Å². The number of fused-ring (bicyclic) bond motifs is 3. The fourth-order valence-electron chi connectivity index (χ4n) is 4.09. The van der Waals surface area contributed by atoms with Crippen LogP contribution in [0.2, 0.25) is 0 Å². The molecule has 9 heteroatoms. The number of carbonyl (C=O) groups is 1. The van der Waals surface area contributed by atoms with Gasteiger partial charge >= 0.3 is 11.7 Å². The number of aromatic amines is 1. The number of rotatable bonds is 3. The predicted molar refractivity (Wildman–Crippen MR) is 148 cm³/mol. The van der Waals surface area contributed by atoms with Crippen molar-refractivity contribution in [2.75, 3.05) is 4.90 Å². The predicted octanol–water partition coefficient (Wildman–Crippen LogP) is 7.01. The number of hydrogen-bond donors (Lipinski definition) is 1. The molecule has 2 heterocycles. The van der Waals surface area contributed by atoms with Crippen LogP contribution < -0.4 is 10.6 Å². The van der Waals surface area contributed by atoms with Gasteiger partial charge in [-0.25, -0.2) is 14.2 Å². The van der Waals surface area contributed by atoms with Crippen molar-refractivity contribution >= 4 is 71.2 Å². The Balaban J connectivity index is 1.71. The highest BCUT2D eigenvalue weighted by atomic mass is 79.9. The summed E-state index contributed by atoms with van der Waals surface area (Å²) in [4.78, 5) is 36.0. The summed E-state index contributed by atoms with van der Waals surface area (Å²) in [5.41, 5.74) is 2.27. The second-order valence-electron chi connectivity index (χ2n) is 8.80. The molecule has 0 radical (unpaired) electrons. The number of para-hydroxylation sites is 1. The maximum Gasteiger partial charge on any atom is 0.342 e. The number of imidazole rings is 1. The minimum Gasteiger partial charge on any atom is -0.304 e. The van der Waals surface area contributed by atoms with Crippen LogP contribution in [0.1, 0.15) is 19.4 Å². The third-order valence-electron chi connectivity index (χ3n) is 6.09. The number of nitrogens with one attached hydrogen (secondary N) is 1. The Morgan fingerprint density at radius 1 is 1.08 bits per heavy atom. The van der Waals surface area contributed by atoms with E-state index in [0.29, 0.717) is 32.4 Å². The van der Waals surface area contributed by atoms with Crippen molar-refractivity contribution < 1.29 is 4.79 Å². The second-order valence-corrected chi connectivity index (χ2v) is 10.6. The summed E-state index contributed by atoms with van der Waals surface area (Å²) in [5.74, 6) is 0. The summed E-state index contributed by atoms with van der Waals surface area (Å²) in [7, 11) is 0. The number of anilines is 2. The molecule has 36 heavy (non-hydrogen) atoms. The monoisotopic (exact) mass is 603 g/mol. The van der Waals surface area contributed by atoms with Crippen molar-refractivity contribution in [1.82, 2.24) is 14.5 Å². The van der Waals surface area contributed by atoms with E-state index in [2.05, 4.69) is 47.9 Å². The van der Waals surface area contributed by atoms with Gasteiger partial charge in [0, 0.05) is 14.3 Å². The van der Waals surface area contributed by atoms with Gasteiger partial charge in [0.1, 0.15) is 0 Å². The molecule has 0 bridgehead atoms. The lowest BCUT2D eigenvalue weighted by molar-refractivity contribution is 0.250. The molecule has 3 aromatic carbocycles. The Hall–Kier alpha value is -3.74. The van der Waals surface area contributed by atoms with Gasteiger partial charge in [0.05, 0.1) is 45.6 Å². The Bertz CT molecular complexity index is 1750. The standard InChI is InChI=1S/C27H19Br2N5O2/c1-27(2,15-30)16-7-10-18(11-8-16)33(22-6-4-3-5-20(22)29)26(36)34-23-14-31-21-12-9-17(28)13-19(21)24(23)32-25(34)35/h3-14H,1-2H3,(H,32,35). The van der Waals surface area contributed by atoms with Gasteiger partial charge < -0.3 is 4.98 Å². The summed E-state index contributed by atoms with van der Waals surface area (Å²) in [6, 6.07) is 21.8. The molecule has 5 aromatic rings. The molecule has 0 unspecified atom stereocenters. The lowest BCUT2D eigenvalue weighted by atomic mass is 9.86. The molecular weight excluding hydrogens is 586 g/mol. The van der Waals surface area contributed by atoms with Crippen LogP contribution in [0.5, 0.6) is 0 Å². The van der Waals surface area contributed by atoms with E-state index in [1.165, 1.54) is 11.1 Å². The van der Waals surface area contributed by atoms with E-state index in [1.807, 2.05) is 62.4 Å². The molecule has 0 aliphatic carbocycles. The molecule has 178 valence electrons. The first-order chi connectivity index (χ1) is 17.2. The molecule has 7 nitrogen and oxygen atoms in total. The van der Waals surface area contributed by atoms with Crippen molar-refractivity contribution in [2.45, 2.75) is 19.3 Å². The summed E-state index contributed by atoms with van der Waals surface area (Å²) < 4.78 is 2.61. The van der Waals surface area contributed by atoms with E-state index >= 15 is 0 Å². The largest absolute Gasteiger partial charge is 0.342 e. The number of nitrogens with zero attached hydrogens (tertiary/aromatic N) is 4. The highest BCUT2D eigenvalue weighted by molar-refractivity contribution is 9.10. The quantitative estimate of drug-likeness (QED) is 0.240.